The van der Waals surface area contributed by atoms with Gasteiger partial charge in [-0.15, -0.1) is 5.54 Å². The largest absolute Gasteiger partial charge is 0.180 e. The molecule has 0 aliphatic carbocycles. The van der Waals surface area contributed by atoms with Gasteiger partial charge in [-0.2, -0.15) is 11.1 Å². The summed E-state index contributed by atoms with van der Waals surface area (Å²) in [7, 11) is -2.95. The second kappa shape index (κ2) is 4.79. The molecular weight excluding hydrogens is 248 g/mol. The maximum atomic E-state index is 6.37. The highest BCUT2D eigenvalue weighted by Crippen LogP contribution is 2.09. The molecule has 0 spiro atoms. The van der Waals surface area contributed by atoms with Gasteiger partial charge in [0.05, 0.1) is 0 Å². The first kappa shape index (κ1) is 13.6. The molecule has 0 N–H and O–H groups in total. The van der Waals surface area contributed by atoms with Crippen molar-refractivity contribution in [1.29, 1.82) is 0 Å². The van der Waals surface area contributed by atoms with Crippen LogP contribution in [0.5, 0.6) is 0 Å². The first-order valence-corrected chi connectivity index (χ1v) is 13.0. The predicted molar refractivity (Wildman–Crippen MR) is 79.6 cm³/mol. The molecule has 0 saturated carbocycles. The molecule has 16 heavy (non-hydrogen) atoms. The van der Waals surface area contributed by atoms with Crippen LogP contribution < -0.4 is 5.19 Å². The molecule has 0 aliphatic heterocycles. The molecule has 3 heteroatoms. The van der Waals surface area contributed by atoms with Crippen LogP contribution in [0.3, 0.4) is 0 Å². The second-order valence-corrected chi connectivity index (χ2v) is 16.7. The third kappa shape index (κ3) is 4.57. The van der Waals surface area contributed by atoms with Gasteiger partial charge in [0.15, 0.2) is 7.38 Å². The van der Waals surface area contributed by atoms with Gasteiger partial charge in [-0.25, -0.2) is 0 Å². The Balaban J connectivity index is 2.91. The summed E-state index contributed by atoms with van der Waals surface area (Å²) in [5.41, 5.74) is 4.46. The lowest BCUT2D eigenvalue weighted by molar-refractivity contribution is 1.67. The molecule has 0 unspecified atom stereocenters. The van der Waals surface area contributed by atoms with Crippen molar-refractivity contribution in [3.8, 4) is 11.5 Å². The highest BCUT2D eigenvalue weighted by atomic mass is 35.6. The minimum Gasteiger partial charge on any atom is -0.162 e. The number of rotatable bonds is 1. The lowest BCUT2D eigenvalue weighted by Gasteiger charge is -2.12. The van der Waals surface area contributed by atoms with Crippen LogP contribution in [0.4, 0.5) is 0 Å². The van der Waals surface area contributed by atoms with Gasteiger partial charge < -0.3 is 0 Å². The maximum absolute atomic E-state index is 6.37. The molecule has 0 amide bonds. The highest BCUT2D eigenvalue weighted by Gasteiger charge is 2.19. The van der Waals surface area contributed by atoms with Crippen LogP contribution in [-0.4, -0.2) is 15.5 Å². The third-order valence-corrected chi connectivity index (χ3v) is 5.39. The minimum absolute atomic E-state index is 1.10. The van der Waals surface area contributed by atoms with Crippen LogP contribution in [0, 0.1) is 11.5 Å². The quantitative estimate of drug-likeness (QED) is 0.414. The Kier molecular flexibility index (Phi) is 4.06. The molecule has 0 fully saturated rings. The monoisotopic (exact) mass is 266 g/mol. The molecular formula is C13H19ClSi2. The first-order chi connectivity index (χ1) is 7.18. The van der Waals surface area contributed by atoms with E-state index >= 15 is 0 Å². The van der Waals surface area contributed by atoms with E-state index in [-0.39, 0.29) is 0 Å². The van der Waals surface area contributed by atoms with Crippen molar-refractivity contribution in [3.63, 3.8) is 0 Å². The summed E-state index contributed by atoms with van der Waals surface area (Å²) >= 11 is 6.37. The van der Waals surface area contributed by atoms with E-state index in [1.165, 1.54) is 5.19 Å². The van der Waals surface area contributed by atoms with Gasteiger partial charge in [-0.3, -0.25) is 0 Å². The van der Waals surface area contributed by atoms with E-state index in [0.717, 1.165) is 5.56 Å². The van der Waals surface area contributed by atoms with E-state index in [1.807, 2.05) is 0 Å². The molecule has 1 aromatic carbocycles. The van der Waals surface area contributed by atoms with Crippen molar-refractivity contribution in [2.24, 2.45) is 0 Å². The summed E-state index contributed by atoms with van der Waals surface area (Å²) in [5.74, 6) is 3.25. The summed E-state index contributed by atoms with van der Waals surface area (Å²) in [6.07, 6.45) is 0. The van der Waals surface area contributed by atoms with Crippen LogP contribution >= 0.6 is 11.1 Å². The summed E-state index contributed by atoms with van der Waals surface area (Å²) in [6.45, 7) is 11.0. The van der Waals surface area contributed by atoms with Crippen LogP contribution in [0.1, 0.15) is 5.56 Å². The standard InChI is InChI=1S/C13H19ClSi2/c1-15(2,3)11-10-12-6-8-13(9-7-12)16(4,5)14/h6-9H,1-5H3. The summed E-state index contributed by atoms with van der Waals surface area (Å²) in [4.78, 5) is 0. The SMILES string of the molecule is C[Si](C)(C)C#Cc1ccc([Si](C)(C)Cl)cc1. The highest BCUT2D eigenvalue weighted by molar-refractivity contribution is 7.26. The molecule has 0 bridgehead atoms. The van der Waals surface area contributed by atoms with E-state index in [2.05, 4.69) is 68.5 Å². The van der Waals surface area contributed by atoms with Crippen molar-refractivity contribution in [2.45, 2.75) is 32.7 Å². The predicted octanol–water partition coefficient (Wildman–Crippen LogP) is 3.57. The summed E-state index contributed by atoms with van der Waals surface area (Å²) in [6, 6.07) is 8.40. The Hall–Kier alpha value is -0.496. The topological polar surface area (TPSA) is 0 Å². The Labute approximate surface area is 106 Å². The Morgan fingerprint density at radius 1 is 0.938 bits per heavy atom. The zero-order valence-electron chi connectivity index (χ0n) is 10.7. The molecule has 86 valence electrons. The molecule has 1 rings (SSSR count). The molecule has 0 aromatic heterocycles. The third-order valence-electron chi connectivity index (χ3n) is 2.15. The van der Waals surface area contributed by atoms with Gasteiger partial charge in [0.1, 0.15) is 8.07 Å². The van der Waals surface area contributed by atoms with E-state index < -0.39 is 15.5 Å². The van der Waals surface area contributed by atoms with Gasteiger partial charge in [-0.05, 0) is 17.3 Å². The molecule has 0 aliphatic rings. The Bertz CT molecular complexity index is 410. The molecule has 0 radical (unpaired) electrons. The fraction of sp³-hybridized carbons (Fsp3) is 0.385. The van der Waals surface area contributed by atoms with Gasteiger partial charge in [0.25, 0.3) is 0 Å². The summed E-state index contributed by atoms with van der Waals surface area (Å²) in [5, 5.41) is 1.27. The summed E-state index contributed by atoms with van der Waals surface area (Å²) < 4.78 is 0. The zero-order chi connectivity index (χ0) is 12.4. The number of hydrogen-bond acceptors (Lipinski definition) is 0. The van der Waals surface area contributed by atoms with Crippen molar-refractivity contribution in [1.82, 2.24) is 0 Å². The van der Waals surface area contributed by atoms with Crippen molar-refractivity contribution < 1.29 is 0 Å². The van der Waals surface area contributed by atoms with Crippen molar-refractivity contribution in [2.75, 3.05) is 0 Å². The van der Waals surface area contributed by atoms with Crippen molar-refractivity contribution in [3.05, 3.63) is 29.8 Å². The van der Waals surface area contributed by atoms with Gasteiger partial charge >= 0.3 is 0 Å². The van der Waals surface area contributed by atoms with Gasteiger partial charge in [-0.1, -0.05) is 50.8 Å². The molecule has 1 aromatic rings. The lowest BCUT2D eigenvalue weighted by atomic mass is 10.2. The average molecular weight is 267 g/mol. The Morgan fingerprint density at radius 3 is 1.81 bits per heavy atom. The normalized spacial score (nSPS) is 11.9. The first-order valence-electron chi connectivity index (χ1n) is 5.51. The van der Waals surface area contributed by atoms with E-state index in [9.17, 15) is 0 Å². The maximum Gasteiger partial charge on any atom is 0.180 e. The fourth-order valence-electron chi connectivity index (χ4n) is 1.21. The molecule has 0 atom stereocenters. The Morgan fingerprint density at radius 2 is 1.44 bits per heavy atom. The zero-order valence-corrected chi connectivity index (χ0v) is 13.4. The van der Waals surface area contributed by atoms with Crippen molar-refractivity contribution >= 4 is 31.7 Å². The molecule has 0 heterocycles. The van der Waals surface area contributed by atoms with Crippen LogP contribution in [-0.2, 0) is 0 Å². The van der Waals surface area contributed by atoms with Crippen LogP contribution in [0.15, 0.2) is 24.3 Å². The lowest BCUT2D eigenvalue weighted by Crippen LogP contribution is -2.34. The van der Waals surface area contributed by atoms with Crippen LogP contribution in [0.25, 0.3) is 0 Å². The minimum atomic E-state index is -1.68. The fourth-order valence-corrected chi connectivity index (χ4v) is 3.07. The number of hydrogen-bond donors (Lipinski definition) is 0. The van der Waals surface area contributed by atoms with E-state index in [4.69, 9.17) is 11.1 Å². The van der Waals surface area contributed by atoms with E-state index in [0.29, 0.717) is 0 Å². The van der Waals surface area contributed by atoms with Gasteiger partial charge in [0, 0.05) is 5.56 Å². The molecule has 0 saturated heterocycles. The van der Waals surface area contributed by atoms with E-state index in [1.54, 1.807) is 0 Å². The number of halogens is 1. The number of benzene rings is 1. The smallest absolute Gasteiger partial charge is 0.162 e. The van der Waals surface area contributed by atoms with Gasteiger partial charge in [0.2, 0.25) is 0 Å². The van der Waals surface area contributed by atoms with Crippen LogP contribution in [0.2, 0.25) is 32.7 Å². The second-order valence-electron chi connectivity index (χ2n) is 5.55. The molecule has 0 nitrogen and oxygen atoms in total. The average Bonchev–Trinajstić information content (AvgIpc) is 2.13.